The van der Waals surface area contributed by atoms with Crippen molar-refractivity contribution < 1.29 is 19.7 Å². The van der Waals surface area contributed by atoms with Gasteiger partial charge in [0.2, 0.25) is 0 Å². The summed E-state index contributed by atoms with van der Waals surface area (Å²) in [5.74, 6) is 0.908. The van der Waals surface area contributed by atoms with E-state index in [2.05, 4.69) is 4.90 Å². The Morgan fingerprint density at radius 1 is 0.912 bits per heavy atom. The Kier molecular flexibility index (Phi) is 8.35. The molecule has 34 heavy (non-hydrogen) atoms. The number of ether oxygens (including phenoxy) is 2. The van der Waals surface area contributed by atoms with Crippen molar-refractivity contribution >= 4 is 0 Å². The summed E-state index contributed by atoms with van der Waals surface area (Å²) in [6.07, 6.45) is 1.17. The number of benzene rings is 3. The Bertz CT molecular complexity index is 963. The van der Waals surface area contributed by atoms with Crippen LogP contribution in [0.25, 0.3) is 0 Å². The van der Waals surface area contributed by atoms with E-state index < -0.39 is 11.7 Å². The second kappa shape index (κ2) is 11.6. The molecule has 0 radical (unpaired) electrons. The van der Waals surface area contributed by atoms with Gasteiger partial charge in [-0.25, -0.2) is 0 Å². The Morgan fingerprint density at radius 3 is 2.12 bits per heavy atom. The van der Waals surface area contributed by atoms with E-state index in [0.717, 1.165) is 48.4 Å². The van der Waals surface area contributed by atoms with Crippen LogP contribution in [0, 0.1) is 5.92 Å². The van der Waals surface area contributed by atoms with Gasteiger partial charge in [0.15, 0.2) is 0 Å². The summed E-state index contributed by atoms with van der Waals surface area (Å²) in [6, 6.07) is 27.7. The highest BCUT2D eigenvalue weighted by atomic mass is 16.5. The van der Waals surface area contributed by atoms with Gasteiger partial charge in [0.1, 0.15) is 11.4 Å². The first kappa shape index (κ1) is 24.4. The van der Waals surface area contributed by atoms with Crippen LogP contribution in [0.1, 0.15) is 29.5 Å². The SMILES string of the molecule is COc1cccc(COC[C@H](O)CN2CCC(C(O)(c3ccccc3)c3ccccc3)CC2)c1. The molecule has 1 heterocycles. The molecule has 5 nitrogen and oxygen atoms in total. The highest BCUT2D eigenvalue weighted by Gasteiger charge is 2.41. The van der Waals surface area contributed by atoms with E-state index in [4.69, 9.17) is 9.47 Å². The van der Waals surface area contributed by atoms with Crippen molar-refractivity contribution in [1.82, 2.24) is 4.90 Å². The third-order valence-electron chi connectivity index (χ3n) is 6.79. The van der Waals surface area contributed by atoms with Crippen LogP contribution < -0.4 is 4.74 Å². The summed E-state index contributed by atoms with van der Waals surface area (Å²) in [5.41, 5.74) is 1.87. The predicted octanol–water partition coefficient (Wildman–Crippen LogP) is 4.22. The molecule has 0 spiro atoms. The van der Waals surface area contributed by atoms with Crippen molar-refractivity contribution in [3.8, 4) is 5.75 Å². The molecule has 0 saturated carbocycles. The summed E-state index contributed by atoms with van der Waals surface area (Å²) < 4.78 is 11.0. The summed E-state index contributed by atoms with van der Waals surface area (Å²) in [7, 11) is 1.65. The Balaban J connectivity index is 1.31. The third-order valence-corrected chi connectivity index (χ3v) is 6.79. The number of aliphatic hydroxyl groups is 2. The van der Waals surface area contributed by atoms with Crippen LogP contribution in [0.3, 0.4) is 0 Å². The molecule has 4 rings (SSSR count). The van der Waals surface area contributed by atoms with Crippen LogP contribution in [0.2, 0.25) is 0 Å². The second-order valence-electron chi connectivity index (χ2n) is 9.09. The highest BCUT2D eigenvalue weighted by Crippen LogP contribution is 2.41. The number of methoxy groups -OCH3 is 1. The van der Waals surface area contributed by atoms with E-state index in [1.54, 1.807) is 7.11 Å². The maximum atomic E-state index is 12.0. The summed E-state index contributed by atoms with van der Waals surface area (Å²) in [6.45, 7) is 2.96. The number of aliphatic hydroxyl groups excluding tert-OH is 1. The molecule has 1 saturated heterocycles. The number of hydrogen-bond donors (Lipinski definition) is 2. The molecular weight excluding hydrogens is 426 g/mol. The monoisotopic (exact) mass is 461 g/mol. The lowest BCUT2D eigenvalue weighted by Crippen LogP contribution is -2.46. The van der Waals surface area contributed by atoms with E-state index >= 15 is 0 Å². The van der Waals surface area contributed by atoms with E-state index in [-0.39, 0.29) is 12.5 Å². The number of likely N-dealkylation sites (tertiary alicyclic amines) is 1. The van der Waals surface area contributed by atoms with Gasteiger partial charge in [-0.15, -0.1) is 0 Å². The zero-order valence-electron chi connectivity index (χ0n) is 19.8. The molecule has 1 aliphatic rings. The molecule has 0 unspecified atom stereocenters. The van der Waals surface area contributed by atoms with Gasteiger partial charge in [0.25, 0.3) is 0 Å². The van der Waals surface area contributed by atoms with E-state index in [1.165, 1.54) is 0 Å². The Labute approximate surface area is 202 Å². The molecule has 0 bridgehead atoms. The first-order valence-electron chi connectivity index (χ1n) is 12.0. The van der Waals surface area contributed by atoms with Crippen molar-refractivity contribution in [2.24, 2.45) is 5.92 Å². The zero-order valence-corrected chi connectivity index (χ0v) is 19.8. The third kappa shape index (κ3) is 5.86. The topological polar surface area (TPSA) is 62.2 Å². The quantitative estimate of drug-likeness (QED) is 0.473. The number of piperidine rings is 1. The van der Waals surface area contributed by atoms with Gasteiger partial charge in [-0.3, -0.25) is 0 Å². The fourth-order valence-corrected chi connectivity index (χ4v) is 4.98. The van der Waals surface area contributed by atoms with E-state index in [9.17, 15) is 10.2 Å². The van der Waals surface area contributed by atoms with Crippen LogP contribution in [-0.2, 0) is 16.9 Å². The van der Waals surface area contributed by atoms with Crippen molar-refractivity contribution in [2.45, 2.75) is 31.2 Å². The summed E-state index contributed by atoms with van der Waals surface area (Å²) in [4.78, 5) is 2.27. The minimum atomic E-state index is -1.02. The molecule has 1 atom stereocenters. The molecule has 2 N–H and O–H groups in total. The molecule has 0 amide bonds. The minimum Gasteiger partial charge on any atom is -0.497 e. The van der Waals surface area contributed by atoms with Crippen molar-refractivity contribution in [3.63, 3.8) is 0 Å². The maximum absolute atomic E-state index is 12.0. The molecule has 3 aromatic rings. The average molecular weight is 462 g/mol. The van der Waals surface area contributed by atoms with E-state index in [1.807, 2.05) is 84.9 Å². The highest BCUT2D eigenvalue weighted by molar-refractivity contribution is 5.37. The van der Waals surface area contributed by atoms with Gasteiger partial charge in [-0.05, 0) is 60.7 Å². The van der Waals surface area contributed by atoms with Gasteiger partial charge in [0.05, 0.1) is 26.4 Å². The van der Waals surface area contributed by atoms with Crippen LogP contribution in [0.15, 0.2) is 84.9 Å². The minimum absolute atomic E-state index is 0.106. The van der Waals surface area contributed by atoms with Crippen LogP contribution in [0.4, 0.5) is 0 Å². The molecule has 180 valence electrons. The fraction of sp³-hybridized carbons (Fsp3) is 0.379. The van der Waals surface area contributed by atoms with Crippen LogP contribution in [0.5, 0.6) is 5.75 Å². The van der Waals surface area contributed by atoms with Gasteiger partial charge < -0.3 is 24.6 Å². The number of nitrogens with zero attached hydrogens (tertiary/aromatic N) is 1. The lowest BCUT2D eigenvalue weighted by Gasteiger charge is -2.42. The largest absolute Gasteiger partial charge is 0.497 e. The van der Waals surface area contributed by atoms with Gasteiger partial charge >= 0.3 is 0 Å². The van der Waals surface area contributed by atoms with Crippen molar-refractivity contribution in [1.29, 1.82) is 0 Å². The summed E-state index contributed by atoms with van der Waals surface area (Å²) in [5, 5.41) is 22.5. The summed E-state index contributed by atoms with van der Waals surface area (Å²) >= 11 is 0. The molecule has 0 aliphatic carbocycles. The first-order valence-corrected chi connectivity index (χ1v) is 12.0. The standard InChI is InChI=1S/C29H35NO4/c1-33-28-14-8-9-23(19-28)21-34-22-27(31)20-30-17-15-26(16-18-30)29(32,24-10-4-2-5-11-24)25-12-6-3-7-13-25/h2-14,19,26-27,31-32H,15-18,20-22H2,1H3/t27-/m1/s1. The van der Waals surface area contributed by atoms with E-state index in [0.29, 0.717) is 13.2 Å². The number of hydrogen-bond acceptors (Lipinski definition) is 5. The Morgan fingerprint density at radius 2 is 1.53 bits per heavy atom. The first-order chi connectivity index (χ1) is 16.6. The normalized spacial score (nSPS) is 16.3. The lowest BCUT2D eigenvalue weighted by atomic mass is 9.72. The molecular formula is C29H35NO4. The van der Waals surface area contributed by atoms with Gasteiger partial charge in [-0.1, -0.05) is 72.8 Å². The molecule has 0 aromatic heterocycles. The average Bonchev–Trinajstić information content (AvgIpc) is 2.90. The van der Waals surface area contributed by atoms with Crippen molar-refractivity contribution in [3.05, 3.63) is 102 Å². The lowest BCUT2D eigenvalue weighted by molar-refractivity contribution is -0.0294. The van der Waals surface area contributed by atoms with Crippen molar-refractivity contribution in [2.75, 3.05) is 33.4 Å². The Hall–Kier alpha value is -2.70. The molecule has 3 aromatic carbocycles. The van der Waals surface area contributed by atoms with Gasteiger partial charge in [0, 0.05) is 6.54 Å². The predicted molar refractivity (Wildman–Crippen MR) is 134 cm³/mol. The maximum Gasteiger partial charge on any atom is 0.119 e. The zero-order chi connectivity index (χ0) is 23.8. The number of β-amino-alcohol motifs (C(OH)–C–C–N with tert-alkyl or cyclic N) is 1. The smallest absolute Gasteiger partial charge is 0.119 e. The fourth-order valence-electron chi connectivity index (χ4n) is 4.98. The van der Waals surface area contributed by atoms with Crippen LogP contribution in [-0.4, -0.2) is 54.6 Å². The number of rotatable bonds is 10. The second-order valence-corrected chi connectivity index (χ2v) is 9.09. The molecule has 1 fully saturated rings. The van der Waals surface area contributed by atoms with Crippen LogP contribution >= 0.6 is 0 Å². The molecule has 5 heteroatoms. The molecule has 1 aliphatic heterocycles. The van der Waals surface area contributed by atoms with Gasteiger partial charge in [-0.2, -0.15) is 0 Å².